The lowest BCUT2D eigenvalue weighted by atomic mass is 10.0. The van der Waals surface area contributed by atoms with Crippen molar-refractivity contribution in [1.82, 2.24) is 0 Å². The number of rotatable bonds is 8. The molecule has 2 rings (SSSR count). The van der Waals surface area contributed by atoms with Gasteiger partial charge in [-0.25, -0.2) is 0 Å². The Kier molecular flexibility index (Phi) is 6.62. The van der Waals surface area contributed by atoms with Crippen molar-refractivity contribution in [3.63, 3.8) is 0 Å². The quantitative estimate of drug-likeness (QED) is 0.637. The maximum Gasteiger partial charge on any atom is 0.658 e. The fourth-order valence-electron chi connectivity index (χ4n) is 2.61. The van der Waals surface area contributed by atoms with Gasteiger partial charge < -0.3 is 18.8 Å². The Morgan fingerprint density at radius 1 is 0.680 bits per heavy atom. The summed E-state index contributed by atoms with van der Waals surface area (Å²) in [7, 11) is 4.69. The topological polar surface area (TPSA) is 36.9 Å². The molecule has 1 radical (unpaired) electrons. The average molecular weight is 341 g/mol. The van der Waals surface area contributed by atoms with E-state index in [0.717, 1.165) is 22.6 Å². The summed E-state index contributed by atoms with van der Waals surface area (Å²) >= 11 is 0. The number of benzene rings is 2. The van der Waals surface area contributed by atoms with Crippen LogP contribution in [0.1, 0.15) is 50.7 Å². The zero-order chi connectivity index (χ0) is 18.4. The highest BCUT2D eigenvalue weighted by molar-refractivity contribution is 6.20. The molecule has 0 unspecified atom stereocenters. The first-order chi connectivity index (χ1) is 12.0. The van der Waals surface area contributed by atoms with E-state index in [1.807, 2.05) is 36.4 Å². The molecule has 25 heavy (non-hydrogen) atoms. The molecule has 0 heterocycles. The molecule has 4 nitrogen and oxygen atoms in total. The van der Waals surface area contributed by atoms with Gasteiger partial charge in [-0.2, -0.15) is 0 Å². The molecular weight excluding hydrogens is 315 g/mol. The van der Waals surface area contributed by atoms with Gasteiger partial charge in [0.15, 0.2) is 0 Å². The summed E-state index contributed by atoms with van der Waals surface area (Å²) < 4.78 is 22.0. The second-order valence-electron chi connectivity index (χ2n) is 6.45. The van der Waals surface area contributed by atoms with Crippen LogP contribution < -0.4 is 18.8 Å². The third-order valence-electron chi connectivity index (χ3n) is 4.01. The number of ether oxygens (including phenoxy) is 2. The summed E-state index contributed by atoms with van der Waals surface area (Å²) in [5.74, 6) is 3.83. The molecule has 2 aromatic rings. The molecule has 0 bridgehead atoms. The van der Waals surface area contributed by atoms with Gasteiger partial charge in [-0.1, -0.05) is 27.7 Å². The second-order valence-corrected chi connectivity index (χ2v) is 6.45. The molecule has 0 aliphatic carbocycles. The van der Waals surface area contributed by atoms with Gasteiger partial charge in [0.2, 0.25) is 0 Å². The molecule has 0 saturated heterocycles. The van der Waals surface area contributed by atoms with E-state index in [0.29, 0.717) is 23.3 Å². The zero-order valence-corrected chi connectivity index (χ0v) is 15.8. The fraction of sp³-hybridized carbons (Fsp3) is 0.400. The molecule has 133 valence electrons. The van der Waals surface area contributed by atoms with Crippen LogP contribution in [0.3, 0.4) is 0 Å². The van der Waals surface area contributed by atoms with Gasteiger partial charge in [0.25, 0.3) is 0 Å². The van der Waals surface area contributed by atoms with Crippen LogP contribution in [0.2, 0.25) is 0 Å². The van der Waals surface area contributed by atoms with Crippen molar-refractivity contribution in [3.8, 4) is 23.0 Å². The van der Waals surface area contributed by atoms with E-state index in [-0.39, 0.29) is 0 Å². The van der Waals surface area contributed by atoms with Crippen molar-refractivity contribution in [2.75, 3.05) is 14.2 Å². The van der Waals surface area contributed by atoms with Crippen molar-refractivity contribution in [2.24, 2.45) is 0 Å². The van der Waals surface area contributed by atoms with Gasteiger partial charge in [-0.05, 0) is 48.2 Å². The van der Waals surface area contributed by atoms with E-state index in [1.54, 1.807) is 14.2 Å². The fourth-order valence-corrected chi connectivity index (χ4v) is 2.61. The first-order valence-electron chi connectivity index (χ1n) is 8.47. The predicted molar refractivity (Wildman–Crippen MR) is 101 cm³/mol. The highest BCUT2D eigenvalue weighted by Crippen LogP contribution is 2.31. The van der Waals surface area contributed by atoms with E-state index in [1.165, 1.54) is 7.69 Å². The van der Waals surface area contributed by atoms with Crippen LogP contribution in [-0.4, -0.2) is 21.9 Å². The van der Waals surface area contributed by atoms with Crippen molar-refractivity contribution >= 4 is 7.69 Å². The van der Waals surface area contributed by atoms with Gasteiger partial charge in [0.1, 0.15) is 23.0 Å². The molecule has 0 aliphatic rings. The van der Waals surface area contributed by atoms with Crippen LogP contribution in [0.5, 0.6) is 23.0 Å². The summed E-state index contributed by atoms with van der Waals surface area (Å²) in [6.45, 7) is 8.47. The molecule has 2 aromatic carbocycles. The van der Waals surface area contributed by atoms with Crippen LogP contribution in [0.25, 0.3) is 0 Å². The molecule has 0 saturated carbocycles. The largest absolute Gasteiger partial charge is 0.658 e. The number of methoxy groups -OCH3 is 2. The summed E-state index contributed by atoms with van der Waals surface area (Å²) in [6.07, 6.45) is 0. The number of hydrogen-bond acceptors (Lipinski definition) is 4. The Hall–Kier alpha value is -2.30. The Morgan fingerprint density at radius 3 is 1.40 bits per heavy atom. The molecular formula is C20H26BO4. The lowest BCUT2D eigenvalue weighted by Gasteiger charge is -2.15. The minimum Gasteiger partial charge on any atom is -0.526 e. The van der Waals surface area contributed by atoms with Crippen LogP contribution in [0.15, 0.2) is 36.4 Å². The van der Waals surface area contributed by atoms with E-state index in [4.69, 9.17) is 18.8 Å². The normalized spacial score (nSPS) is 10.7. The zero-order valence-electron chi connectivity index (χ0n) is 15.8. The van der Waals surface area contributed by atoms with Gasteiger partial charge in [-0.15, -0.1) is 0 Å². The summed E-state index contributed by atoms with van der Waals surface area (Å²) in [4.78, 5) is 0. The minimum atomic E-state index is 0.342. The lowest BCUT2D eigenvalue weighted by molar-refractivity contribution is 0.404. The SMILES string of the molecule is COc1ccc(O[B]Oc2ccc(OC)c(C(C)C)c2)cc1C(C)C. The molecule has 0 aliphatic heterocycles. The highest BCUT2D eigenvalue weighted by atomic mass is 16.6. The summed E-state index contributed by atoms with van der Waals surface area (Å²) in [5.41, 5.74) is 2.19. The van der Waals surface area contributed by atoms with Crippen molar-refractivity contribution < 1.29 is 18.8 Å². The maximum absolute atomic E-state index is 5.62. The summed E-state index contributed by atoms with van der Waals surface area (Å²) in [5, 5.41) is 0. The van der Waals surface area contributed by atoms with Gasteiger partial charge in [-0.3, -0.25) is 0 Å². The molecule has 0 atom stereocenters. The second kappa shape index (κ2) is 8.70. The van der Waals surface area contributed by atoms with E-state index < -0.39 is 0 Å². The Bertz CT molecular complexity index is 639. The van der Waals surface area contributed by atoms with Crippen LogP contribution >= 0.6 is 0 Å². The highest BCUT2D eigenvalue weighted by Gasteiger charge is 2.12. The van der Waals surface area contributed by atoms with Crippen molar-refractivity contribution in [1.29, 1.82) is 0 Å². The molecule has 5 heteroatoms. The molecule has 0 aromatic heterocycles. The van der Waals surface area contributed by atoms with Crippen LogP contribution in [-0.2, 0) is 0 Å². The van der Waals surface area contributed by atoms with Crippen LogP contribution in [0.4, 0.5) is 0 Å². The third kappa shape index (κ3) is 4.85. The maximum atomic E-state index is 5.62. The van der Waals surface area contributed by atoms with Crippen molar-refractivity contribution in [2.45, 2.75) is 39.5 Å². The Labute approximate surface area is 151 Å². The minimum absolute atomic E-state index is 0.342. The Morgan fingerprint density at radius 2 is 1.08 bits per heavy atom. The lowest BCUT2D eigenvalue weighted by Crippen LogP contribution is -2.11. The van der Waals surface area contributed by atoms with E-state index in [2.05, 4.69) is 27.7 Å². The summed E-state index contributed by atoms with van der Waals surface area (Å²) in [6, 6.07) is 11.5. The molecule has 0 spiro atoms. The molecule has 0 fully saturated rings. The monoisotopic (exact) mass is 341 g/mol. The number of hydrogen-bond donors (Lipinski definition) is 0. The van der Waals surface area contributed by atoms with Gasteiger partial charge in [0, 0.05) is 11.1 Å². The smallest absolute Gasteiger partial charge is 0.526 e. The third-order valence-corrected chi connectivity index (χ3v) is 4.01. The first kappa shape index (κ1) is 19.0. The Balaban J connectivity index is 2.03. The van der Waals surface area contributed by atoms with Gasteiger partial charge in [0.05, 0.1) is 14.2 Å². The molecule has 0 N–H and O–H groups in total. The van der Waals surface area contributed by atoms with Crippen LogP contribution in [0, 0.1) is 0 Å². The first-order valence-corrected chi connectivity index (χ1v) is 8.47. The molecule has 0 amide bonds. The van der Waals surface area contributed by atoms with E-state index in [9.17, 15) is 0 Å². The van der Waals surface area contributed by atoms with E-state index >= 15 is 0 Å². The predicted octanol–water partition coefficient (Wildman–Crippen LogP) is 4.94. The van der Waals surface area contributed by atoms with Crippen molar-refractivity contribution in [3.05, 3.63) is 47.5 Å². The van der Waals surface area contributed by atoms with Gasteiger partial charge >= 0.3 is 7.69 Å². The standard InChI is InChI=1S/C20H26BO4/c1-13(2)17-11-15(7-9-19(17)22-5)24-21-25-16-8-10-20(23-6)18(12-16)14(3)4/h7-14H,1-6H3. The average Bonchev–Trinajstić information content (AvgIpc) is 2.61.